The van der Waals surface area contributed by atoms with Gasteiger partial charge < -0.3 is 14.2 Å². The number of carbonyl (C=O) groups excluding carboxylic acids is 3. The van der Waals surface area contributed by atoms with Crippen LogP contribution in [0.4, 0.5) is 0 Å². The first kappa shape index (κ1) is 60.6. The van der Waals surface area contributed by atoms with Crippen LogP contribution >= 0.6 is 0 Å². The molecule has 0 spiro atoms. The summed E-state index contributed by atoms with van der Waals surface area (Å²) in [6, 6.07) is 0. The molecule has 0 aromatic rings. The van der Waals surface area contributed by atoms with Gasteiger partial charge in [-0.15, -0.1) is 0 Å². The van der Waals surface area contributed by atoms with Crippen LogP contribution in [-0.2, 0) is 28.6 Å². The number of hydrogen-bond acceptors (Lipinski definition) is 6. The molecule has 6 heteroatoms. The van der Waals surface area contributed by atoms with Gasteiger partial charge in [0.05, 0.1) is 0 Å². The molecule has 1 atom stereocenters. The highest BCUT2D eigenvalue weighted by molar-refractivity contribution is 5.71. The lowest BCUT2D eigenvalue weighted by Crippen LogP contribution is -2.30. The van der Waals surface area contributed by atoms with E-state index in [4.69, 9.17) is 14.2 Å². The summed E-state index contributed by atoms with van der Waals surface area (Å²) in [6.45, 7) is 6.37. The zero-order chi connectivity index (χ0) is 46.5. The monoisotopic (exact) mass is 891 g/mol. The van der Waals surface area contributed by atoms with Crippen molar-refractivity contribution in [1.29, 1.82) is 0 Å². The molecule has 0 saturated carbocycles. The van der Waals surface area contributed by atoms with Crippen LogP contribution in [0.15, 0.2) is 85.1 Å². The van der Waals surface area contributed by atoms with Gasteiger partial charge in [0.1, 0.15) is 13.2 Å². The Morgan fingerprint density at radius 1 is 0.328 bits per heavy atom. The van der Waals surface area contributed by atoms with Crippen LogP contribution in [0.2, 0.25) is 0 Å². The third-order valence-electron chi connectivity index (χ3n) is 11.1. The second-order valence-corrected chi connectivity index (χ2v) is 17.4. The summed E-state index contributed by atoms with van der Waals surface area (Å²) >= 11 is 0. The Bertz CT molecular complexity index is 1250. The van der Waals surface area contributed by atoms with Gasteiger partial charge in [-0.3, -0.25) is 14.4 Å². The average Bonchev–Trinajstić information content (AvgIpc) is 3.29. The van der Waals surface area contributed by atoms with Crippen molar-refractivity contribution in [2.45, 2.75) is 252 Å². The van der Waals surface area contributed by atoms with Crippen molar-refractivity contribution in [3.05, 3.63) is 85.1 Å². The fourth-order valence-corrected chi connectivity index (χ4v) is 7.21. The summed E-state index contributed by atoms with van der Waals surface area (Å²) in [6.07, 6.45) is 67.1. The van der Waals surface area contributed by atoms with Gasteiger partial charge in [-0.1, -0.05) is 221 Å². The summed E-state index contributed by atoms with van der Waals surface area (Å²) in [4.78, 5) is 38.0. The van der Waals surface area contributed by atoms with Crippen LogP contribution in [-0.4, -0.2) is 37.2 Å². The molecular weight excluding hydrogens is 793 g/mol. The van der Waals surface area contributed by atoms with Crippen LogP contribution in [0.1, 0.15) is 245 Å². The maximum atomic E-state index is 12.8. The second kappa shape index (κ2) is 52.2. The molecule has 0 fully saturated rings. The van der Waals surface area contributed by atoms with Crippen LogP contribution in [0.3, 0.4) is 0 Å². The van der Waals surface area contributed by atoms with Gasteiger partial charge in [0.2, 0.25) is 0 Å². The van der Waals surface area contributed by atoms with E-state index in [1.807, 2.05) is 0 Å². The molecule has 0 rings (SSSR count). The van der Waals surface area contributed by atoms with Crippen molar-refractivity contribution in [3.8, 4) is 0 Å². The number of rotatable bonds is 47. The lowest BCUT2D eigenvalue weighted by molar-refractivity contribution is -0.167. The topological polar surface area (TPSA) is 78.9 Å². The quantitative estimate of drug-likeness (QED) is 0.0262. The van der Waals surface area contributed by atoms with E-state index in [2.05, 4.69) is 106 Å². The number of carbonyl (C=O) groups is 3. The summed E-state index contributed by atoms with van der Waals surface area (Å²) in [5.74, 6) is -0.946. The number of ether oxygens (including phenoxy) is 3. The lowest BCUT2D eigenvalue weighted by atomic mass is 10.0. The minimum Gasteiger partial charge on any atom is -0.462 e. The Hall–Kier alpha value is -3.41. The second-order valence-electron chi connectivity index (χ2n) is 17.4. The first-order valence-corrected chi connectivity index (χ1v) is 26.6. The highest BCUT2D eigenvalue weighted by Crippen LogP contribution is 2.15. The van der Waals surface area contributed by atoms with E-state index in [1.165, 1.54) is 83.5 Å². The Balaban J connectivity index is 4.46. The van der Waals surface area contributed by atoms with E-state index in [0.717, 1.165) is 122 Å². The molecule has 64 heavy (non-hydrogen) atoms. The lowest BCUT2D eigenvalue weighted by Gasteiger charge is -2.18. The zero-order valence-corrected chi connectivity index (χ0v) is 41.8. The maximum absolute atomic E-state index is 12.8. The van der Waals surface area contributed by atoms with Crippen LogP contribution in [0.5, 0.6) is 0 Å². The molecule has 1 unspecified atom stereocenters. The van der Waals surface area contributed by atoms with Crippen molar-refractivity contribution in [2.75, 3.05) is 13.2 Å². The standard InChI is InChI=1S/C58H98O6/c1-4-7-10-13-16-19-22-25-28-30-33-36-39-42-45-48-51-57(60)63-54-55(53-62-56(59)50-47-44-41-38-35-32-27-24-21-18-15-12-9-6-3)64-58(61)52-49-46-43-40-37-34-31-29-26-23-20-17-14-11-8-5-2/h7,9-10,12,16,18-19,21,25,27-28,32-33,36,55H,4-6,8,11,13-15,17,20,22-24,26,29-31,34-35,37-54H2,1-3H3/b10-7-,12-9-,19-16-,21-18-,28-25-,32-27-,36-33-. The van der Waals surface area contributed by atoms with E-state index in [-0.39, 0.29) is 31.1 Å². The Kier molecular flexibility index (Phi) is 49.4. The highest BCUT2D eigenvalue weighted by atomic mass is 16.6. The molecule has 0 radical (unpaired) electrons. The molecule has 0 N–H and O–H groups in total. The average molecular weight is 891 g/mol. The van der Waals surface area contributed by atoms with Crippen molar-refractivity contribution >= 4 is 17.9 Å². The van der Waals surface area contributed by atoms with Gasteiger partial charge in [0.15, 0.2) is 6.10 Å². The predicted octanol–water partition coefficient (Wildman–Crippen LogP) is 17.6. The number of esters is 3. The first-order chi connectivity index (χ1) is 31.5. The summed E-state index contributed by atoms with van der Waals surface area (Å²) in [5, 5.41) is 0. The van der Waals surface area contributed by atoms with Gasteiger partial charge in [-0.25, -0.2) is 0 Å². The number of unbranched alkanes of at least 4 members (excludes halogenated alkanes) is 22. The maximum Gasteiger partial charge on any atom is 0.306 e. The minimum absolute atomic E-state index is 0.0974. The van der Waals surface area contributed by atoms with E-state index in [9.17, 15) is 14.4 Å². The Morgan fingerprint density at radius 2 is 0.609 bits per heavy atom. The molecule has 0 aliphatic rings. The van der Waals surface area contributed by atoms with Gasteiger partial charge >= 0.3 is 17.9 Å². The van der Waals surface area contributed by atoms with Crippen LogP contribution in [0.25, 0.3) is 0 Å². The van der Waals surface area contributed by atoms with Crippen molar-refractivity contribution < 1.29 is 28.6 Å². The van der Waals surface area contributed by atoms with Gasteiger partial charge in [0, 0.05) is 19.3 Å². The van der Waals surface area contributed by atoms with Gasteiger partial charge in [-0.2, -0.15) is 0 Å². The molecular formula is C58H98O6. The SMILES string of the molecule is CC/C=C\C/C=C\C/C=C\C/C=C\CCCCCC(=O)OCC(COC(=O)CCCCCC/C=C\C/C=C\C/C=C\CC)OC(=O)CCCCCCCCCCCCCCCCCC. The number of allylic oxidation sites excluding steroid dienone is 14. The third kappa shape index (κ3) is 49.6. The van der Waals surface area contributed by atoms with E-state index in [1.54, 1.807) is 0 Å². The molecule has 0 heterocycles. The van der Waals surface area contributed by atoms with E-state index in [0.29, 0.717) is 19.3 Å². The molecule has 0 saturated heterocycles. The van der Waals surface area contributed by atoms with E-state index >= 15 is 0 Å². The molecule has 0 aliphatic carbocycles. The Labute approximate surface area is 395 Å². The van der Waals surface area contributed by atoms with E-state index < -0.39 is 6.10 Å². The molecule has 6 nitrogen and oxygen atoms in total. The normalized spacial score (nSPS) is 12.7. The fraction of sp³-hybridized carbons (Fsp3) is 0.707. The first-order valence-electron chi connectivity index (χ1n) is 26.6. The zero-order valence-electron chi connectivity index (χ0n) is 41.8. The van der Waals surface area contributed by atoms with Gasteiger partial charge in [-0.05, 0) is 89.9 Å². The van der Waals surface area contributed by atoms with Crippen LogP contribution < -0.4 is 0 Å². The third-order valence-corrected chi connectivity index (χ3v) is 11.1. The smallest absolute Gasteiger partial charge is 0.306 e. The summed E-state index contributed by atoms with van der Waals surface area (Å²) in [5.41, 5.74) is 0. The largest absolute Gasteiger partial charge is 0.462 e. The molecule has 366 valence electrons. The summed E-state index contributed by atoms with van der Waals surface area (Å²) in [7, 11) is 0. The highest BCUT2D eigenvalue weighted by Gasteiger charge is 2.19. The molecule has 0 amide bonds. The number of hydrogen-bond donors (Lipinski definition) is 0. The minimum atomic E-state index is -0.797. The Morgan fingerprint density at radius 3 is 0.969 bits per heavy atom. The molecule has 0 aromatic heterocycles. The fourth-order valence-electron chi connectivity index (χ4n) is 7.21. The van der Waals surface area contributed by atoms with Crippen LogP contribution in [0, 0.1) is 0 Å². The molecule has 0 aliphatic heterocycles. The molecule has 0 bridgehead atoms. The van der Waals surface area contributed by atoms with Gasteiger partial charge in [0.25, 0.3) is 0 Å². The van der Waals surface area contributed by atoms with Crippen molar-refractivity contribution in [1.82, 2.24) is 0 Å². The summed E-state index contributed by atoms with van der Waals surface area (Å²) < 4.78 is 16.8. The molecule has 0 aromatic carbocycles. The van der Waals surface area contributed by atoms with Crippen molar-refractivity contribution in [2.24, 2.45) is 0 Å². The van der Waals surface area contributed by atoms with Crippen molar-refractivity contribution in [3.63, 3.8) is 0 Å². The predicted molar refractivity (Wildman–Crippen MR) is 274 cm³/mol.